The molecule has 0 spiro atoms. The van der Waals surface area contributed by atoms with Crippen molar-refractivity contribution in [1.82, 2.24) is 0 Å². The van der Waals surface area contributed by atoms with Crippen molar-refractivity contribution >= 4 is 6.21 Å². The lowest BCUT2D eigenvalue weighted by Gasteiger charge is -2.06. The van der Waals surface area contributed by atoms with Crippen molar-refractivity contribution in [2.45, 2.75) is 13.2 Å². The normalized spacial score (nSPS) is 11.0. The zero-order valence-electron chi connectivity index (χ0n) is 10.9. The van der Waals surface area contributed by atoms with Crippen LogP contribution in [0.1, 0.15) is 11.1 Å². The third kappa shape index (κ3) is 4.83. The van der Waals surface area contributed by atoms with E-state index in [1.54, 1.807) is 30.3 Å². The van der Waals surface area contributed by atoms with Gasteiger partial charge in [-0.3, -0.25) is 0 Å². The SMILES string of the molecule is Fc1cccc(CO/N=C/c2ccccc2OC(F)F)c1. The molecule has 2 aromatic carbocycles. The van der Waals surface area contributed by atoms with Gasteiger partial charge in [-0.1, -0.05) is 29.4 Å². The summed E-state index contributed by atoms with van der Waals surface area (Å²) in [6.07, 6.45) is 1.26. The molecule has 0 aliphatic rings. The maximum absolute atomic E-state index is 12.9. The zero-order valence-corrected chi connectivity index (χ0v) is 10.9. The van der Waals surface area contributed by atoms with Gasteiger partial charge in [0.25, 0.3) is 0 Å². The minimum atomic E-state index is -2.91. The molecule has 110 valence electrons. The molecule has 3 nitrogen and oxygen atoms in total. The molecule has 0 unspecified atom stereocenters. The first-order valence-electron chi connectivity index (χ1n) is 6.09. The van der Waals surface area contributed by atoms with E-state index in [2.05, 4.69) is 9.89 Å². The van der Waals surface area contributed by atoms with Crippen LogP contribution >= 0.6 is 0 Å². The molecule has 0 aliphatic heterocycles. The van der Waals surface area contributed by atoms with Gasteiger partial charge in [0.15, 0.2) is 0 Å². The number of ether oxygens (including phenoxy) is 1. The van der Waals surface area contributed by atoms with Crippen molar-refractivity contribution in [1.29, 1.82) is 0 Å². The number of rotatable bonds is 6. The van der Waals surface area contributed by atoms with Gasteiger partial charge in [-0.05, 0) is 29.8 Å². The number of hydrogen-bond acceptors (Lipinski definition) is 3. The van der Waals surface area contributed by atoms with E-state index in [4.69, 9.17) is 4.84 Å². The van der Waals surface area contributed by atoms with Crippen LogP contribution in [0.25, 0.3) is 0 Å². The van der Waals surface area contributed by atoms with Gasteiger partial charge in [0.2, 0.25) is 0 Å². The number of halogens is 3. The van der Waals surface area contributed by atoms with Crippen LogP contribution in [-0.4, -0.2) is 12.8 Å². The molecule has 0 bridgehead atoms. The van der Waals surface area contributed by atoms with Gasteiger partial charge in [-0.25, -0.2) is 4.39 Å². The highest BCUT2D eigenvalue weighted by Gasteiger charge is 2.07. The number of oxime groups is 1. The highest BCUT2D eigenvalue weighted by atomic mass is 19.3. The monoisotopic (exact) mass is 295 g/mol. The highest BCUT2D eigenvalue weighted by molar-refractivity contribution is 5.83. The molecule has 0 aliphatic carbocycles. The van der Waals surface area contributed by atoms with Crippen LogP contribution in [0.15, 0.2) is 53.7 Å². The molecular weight excluding hydrogens is 283 g/mol. The summed E-state index contributed by atoms with van der Waals surface area (Å²) in [7, 11) is 0. The van der Waals surface area contributed by atoms with E-state index in [1.165, 1.54) is 24.4 Å². The summed E-state index contributed by atoms with van der Waals surface area (Å²) in [5.41, 5.74) is 0.973. The lowest BCUT2D eigenvalue weighted by Crippen LogP contribution is -2.04. The summed E-state index contributed by atoms with van der Waals surface area (Å²) < 4.78 is 41.7. The minimum absolute atomic E-state index is 0.00519. The smallest absolute Gasteiger partial charge is 0.387 e. The molecule has 0 amide bonds. The molecule has 0 fully saturated rings. The molecule has 0 heterocycles. The molecular formula is C15H12F3NO2. The Hall–Kier alpha value is -2.50. The van der Waals surface area contributed by atoms with Crippen LogP contribution in [0, 0.1) is 5.82 Å². The van der Waals surface area contributed by atoms with Crippen LogP contribution in [0.2, 0.25) is 0 Å². The van der Waals surface area contributed by atoms with Crippen LogP contribution in [0.5, 0.6) is 5.75 Å². The maximum Gasteiger partial charge on any atom is 0.387 e. The van der Waals surface area contributed by atoms with Crippen molar-refractivity contribution < 1.29 is 22.7 Å². The standard InChI is InChI=1S/C15H12F3NO2/c16-13-6-3-4-11(8-13)10-20-19-9-12-5-1-2-7-14(12)21-15(17)18/h1-9,15H,10H2/b19-9+. The summed E-state index contributed by atoms with van der Waals surface area (Å²) in [5, 5.41) is 3.66. The summed E-state index contributed by atoms with van der Waals surface area (Å²) in [6, 6.07) is 12.1. The second kappa shape index (κ2) is 7.33. The molecule has 0 aromatic heterocycles. The van der Waals surface area contributed by atoms with Gasteiger partial charge in [-0.15, -0.1) is 0 Å². The third-order valence-corrected chi connectivity index (χ3v) is 2.52. The van der Waals surface area contributed by atoms with E-state index >= 15 is 0 Å². The molecule has 0 saturated heterocycles. The Kier molecular flexibility index (Phi) is 5.20. The quantitative estimate of drug-likeness (QED) is 0.596. The zero-order chi connectivity index (χ0) is 15.1. The Morgan fingerprint density at radius 2 is 1.90 bits per heavy atom. The number of alkyl halides is 2. The largest absolute Gasteiger partial charge is 0.434 e. The van der Waals surface area contributed by atoms with E-state index < -0.39 is 6.61 Å². The van der Waals surface area contributed by atoms with Crippen LogP contribution in [0.3, 0.4) is 0 Å². The van der Waals surface area contributed by atoms with Crippen LogP contribution in [0.4, 0.5) is 13.2 Å². The Balaban J connectivity index is 1.95. The lowest BCUT2D eigenvalue weighted by molar-refractivity contribution is -0.0499. The van der Waals surface area contributed by atoms with E-state index in [1.807, 2.05) is 0 Å². The van der Waals surface area contributed by atoms with Crippen LogP contribution in [-0.2, 0) is 11.4 Å². The summed E-state index contributed by atoms with van der Waals surface area (Å²) in [4.78, 5) is 5.00. The van der Waals surface area contributed by atoms with Gasteiger partial charge >= 0.3 is 6.61 Å². The summed E-state index contributed by atoms with van der Waals surface area (Å²) in [5.74, 6) is -0.360. The highest BCUT2D eigenvalue weighted by Crippen LogP contribution is 2.18. The van der Waals surface area contributed by atoms with E-state index in [0.717, 1.165) is 0 Å². The van der Waals surface area contributed by atoms with E-state index in [0.29, 0.717) is 11.1 Å². The van der Waals surface area contributed by atoms with E-state index in [-0.39, 0.29) is 18.2 Å². The number of hydrogen-bond donors (Lipinski definition) is 0. The fraction of sp³-hybridized carbons (Fsp3) is 0.133. The van der Waals surface area contributed by atoms with Crippen molar-refractivity contribution in [3.05, 3.63) is 65.5 Å². The Morgan fingerprint density at radius 3 is 2.67 bits per heavy atom. The van der Waals surface area contributed by atoms with Crippen molar-refractivity contribution in [3.63, 3.8) is 0 Å². The number of nitrogens with zero attached hydrogens (tertiary/aromatic N) is 1. The van der Waals surface area contributed by atoms with E-state index in [9.17, 15) is 13.2 Å². The molecule has 21 heavy (non-hydrogen) atoms. The van der Waals surface area contributed by atoms with Crippen molar-refractivity contribution in [3.8, 4) is 5.75 Å². The van der Waals surface area contributed by atoms with Gasteiger partial charge in [-0.2, -0.15) is 8.78 Å². The second-order valence-electron chi connectivity index (χ2n) is 4.05. The first-order chi connectivity index (χ1) is 10.1. The van der Waals surface area contributed by atoms with Gasteiger partial charge in [0.05, 0.1) is 6.21 Å². The Labute approximate surface area is 119 Å². The minimum Gasteiger partial charge on any atom is -0.434 e. The Morgan fingerprint density at radius 1 is 1.10 bits per heavy atom. The lowest BCUT2D eigenvalue weighted by atomic mass is 10.2. The van der Waals surface area contributed by atoms with Gasteiger partial charge in [0.1, 0.15) is 18.2 Å². The summed E-state index contributed by atoms with van der Waals surface area (Å²) in [6.45, 7) is -2.83. The topological polar surface area (TPSA) is 30.8 Å². The van der Waals surface area contributed by atoms with Crippen LogP contribution < -0.4 is 4.74 Å². The molecule has 6 heteroatoms. The van der Waals surface area contributed by atoms with Crippen molar-refractivity contribution in [2.24, 2.45) is 5.16 Å². The molecule has 0 radical (unpaired) electrons. The average molecular weight is 295 g/mol. The third-order valence-electron chi connectivity index (χ3n) is 2.52. The molecule has 2 aromatic rings. The first kappa shape index (κ1) is 14.9. The van der Waals surface area contributed by atoms with Gasteiger partial charge < -0.3 is 9.57 Å². The first-order valence-corrected chi connectivity index (χ1v) is 6.09. The molecule has 0 atom stereocenters. The fourth-order valence-electron chi connectivity index (χ4n) is 1.62. The second-order valence-corrected chi connectivity index (χ2v) is 4.05. The van der Waals surface area contributed by atoms with Crippen molar-refractivity contribution in [2.75, 3.05) is 0 Å². The Bertz CT molecular complexity index is 617. The molecule has 2 rings (SSSR count). The number of para-hydroxylation sites is 1. The fourth-order valence-corrected chi connectivity index (χ4v) is 1.62. The average Bonchev–Trinajstić information content (AvgIpc) is 2.45. The molecule has 0 N–H and O–H groups in total. The maximum atomic E-state index is 12.9. The van der Waals surface area contributed by atoms with Gasteiger partial charge in [0, 0.05) is 5.56 Å². The predicted octanol–water partition coefficient (Wildman–Crippen LogP) is 3.98. The summed E-state index contributed by atoms with van der Waals surface area (Å²) >= 11 is 0. The molecule has 0 saturated carbocycles. The number of benzene rings is 2. The predicted molar refractivity (Wildman–Crippen MR) is 71.9 cm³/mol.